The lowest BCUT2D eigenvalue weighted by molar-refractivity contribution is 0.0992. The van der Waals surface area contributed by atoms with Crippen molar-refractivity contribution < 1.29 is 4.79 Å². The minimum Gasteiger partial charge on any atom is -0.364 e. The largest absolute Gasteiger partial charge is 0.364 e. The number of hydrogen-bond acceptors (Lipinski definition) is 3. The summed E-state index contributed by atoms with van der Waals surface area (Å²) < 4.78 is 1.41. The molecule has 0 spiro atoms. The molecule has 0 aliphatic rings. The molecule has 3 aromatic rings. The number of hydrogen-bond donors (Lipinski definition) is 3. The Morgan fingerprint density at radius 2 is 1.83 bits per heavy atom. The van der Waals surface area contributed by atoms with Crippen LogP contribution in [-0.4, -0.2) is 20.8 Å². The number of nitrogens with one attached hydrogen (secondary N) is 2. The molecule has 1 heterocycles. The maximum atomic E-state index is 11.5. The Kier molecular flexibility index (Phi) is 3.94. The Bertz CT molecular complexity index is 897. The summed E-state index contributed by atoms with van der Waals surface area (Å²) in [7, 11) is 1.65. The van der Waals surface area contributed by atoms with E-state index < -0.39 is 5.91 Å². The number of benzene rings is 2. The Hall–Kier alpha value is -2.93. The van der Waals surface area contributed by atoms with Crippen LogP contribution in [0, 0.1) is 0 Å². The maximum absolute atomic E-state index is 11.5. The summed E-state index contributed by atoms with van der Waals surface area (Å²) in [5, 5.41) is 12.6. The van der Waals surface area contributed by atoms with E-state index in [0.29, 0.717) is 10.8 Å². The molecule has 0 bridgehead atoms. The second-order valence-corrected chi connectivity index (χ2v) is 5.41. The number of primary amides is 1. The van der Waals surface area contributed by atoms with Crippen LogP contribution in [0.25, 0.3) is 10.8 Å². The third kappa shape index (κ3) is 3.00. The van der Waals surface area contributed by atoms with E-state index in [0.717, 1.165) is 16.5 Å². The molecule has 116 valence electrons. The molecule has 0 saturated carbocycles. The van der Waals surface area contributed by atoms with Gasteiger partial charge in [-0.1, -0.05) is 36.4 Å². The average molecular weight is 325 g/mol. The fraction of sp³-hybridized carbons (Fsp3) is 0.0625. The van der Waals surface area contributed by atoms with Crippen molar-refractivity contribution in [3.63, 3.8) is 0 Å². The van der Waals surface area contributed by atoms with Gasteiger partial charge >= 0.3 is 0 Å². The lowest BCUT2D eigenvalue weighted by Gasteiger charge is -2.12. The predicted molar refractivity (Wildman–Crippen MR) is 95.5 cm³/mol. The molecular formula is C16H15N5OS. The number of carbonyl (C=O) groups is 1. The van der Waals surface area contributed by atoms with Crippen LogP contribution in [0.5, 0.6) is 0 Å². The first-order chi connectivity index (χ1) is 11.1. The quantitative estimate of drug-likeness (QED) is 0.644. The molecule has 7 heteroatoms. The molecule has 0 fully saturated rings. The summed E-state index contributed by atoms with van der Waals surface area (Å²) in [5.74, 6) is -0.569. The van der Waals surface area contributed by atoms with Gasteiger partial charge in [0.15, 0.2) is 5.11 Å². The van der Waals surface area contributed by atoms with Gasteiger partial charge in [-0.25, -0.2) is 0 Å². The summed E-state index contributed by atoms with van der Waals surface area (Å²) >= 11 is 5.33. The van der Waals surface area contributed by atoms with Crippen molar-refractivity contribution in [3.05, 3.63) is 54.4 Å². The van der Waals surface area contributed by atoms with Gasteiger partial charge in [-0.05, 0) is 23.7 Å². The van der Waals surface area contributed by atoms with E-state index >= 15 is 0 Å². The lowest BCUT2D eigenvalue weighted by atomic mass is 10.1. The van der Waals surface area contributed by atoms with Crippen LogP contribution in [0.3, 0.4) is 0 Å². The molecule has 0 radical (unpaired) electrons. The van der Waals surface area contributed by atoms with E-state index in [1.807, 2.05) is 42.5 Å². The van der Waals surface area contributed by atoms with Crippen molar-refractivity contribution in [1.29, 1.82) is 0 Å². The highest BCUT2D eigenvalue weighted by atomic mass is 32.1. The van der Waals surface area contributed by atoms with Gasteiger partial charge in [-0.2, -0.15) is 5.10 Å². The van der Waals surface area contributed by atoms with E-state index in [9.17, 15) is 4.79 Å². The van der Waals surface area contributed by atoms with E-state index in [4.69, 9.17) is 18.0 Å². The Balaban J connectivity index is 1.84. The molecule has 0 aliphatic carbocycles. The van der Waals surface area contributed by atoms with Gasteiger partial charge in [0, 0.05) is 18.1 Å². The van der Waals surface area contributed by atoms with Crippen molar-refractivity contribution in [2.75, 3.05) is 10.6 Å². The molecule has 0 saturated heterocycles. The van der Waals surface area contributed by atoms with Crippen molar-refractivity contribution >= 4 is 45.4 Å². The number of thiocarbonyl (C=S) groups is 1. The van der Waals surface area contributed by atoms with Crippen LogP contribution in [-0.2, 0) is 7.05 Å². The van der Waals surface area contributed by atoms with Gasteiger partial charge in [0.2, 0.25) is 0 Å². The zero-order valence-corrected chi connectivity index (χ0v) is 13.2. The molecule has 1 aromatic heterocycles. The number of anilines is 2. The second-order valence-electron chi connectivity index (χ2n) is 5.00. The fourth-order valence-corrected chi connectivity index (χ4v) is 2.65. The molecule has 1 amide bonds. The smallest absolute Gasteiger partial charge is 0.269 e. The number of rotatable bonds is 3. The first-order valence-corrected chi connectivity index (χ1v) is 7.34. The van der Waals surface area contributed by atoms with E-state index in [1.54, 1.807) is 7.05 Å². The summed E-state index contributed by atoms with van der Waals surface area (Å²) in [6.07, 6.45) is 1.51. The van der Waals surface area contributed by atoms with Crippen LogP contribution < -0.4 is 16.4 Å². The Morgan fingerprint density at radius 3 is 2.61 bits per heavy atom. The summed E-state index contributed by atoms with van der Waals surface area (Å²) in [5.41, 5.74) is 6.98. The SMILES string of the molecule is Cn1ncc(NC(=S)Nc2cccc3ccccc23)c1C(N)=O. The minimum absolute atomic E-state index is 0.270. The van der Waals surface area contributed by atoms with Gasteiger partial charge < -0.3 is 16.4 Å². The van der Waals surface area contributed by atoms with Crippen molar-refractivity contribution in [1.82, 2.24) is 9.78 Å². The number of nitrogens with two attached hydrogens (primary N) is 1. The Morgan fingerprint density at radius 1 is 1.13 bits per heavy atom. The highest BCUT2D eigenvalue weighted by molar-refractivity contribution is 7.80. The monoisotopic (exact) mass is 325 g/mol. The predicted octanol–water partition coefficient (Wildman–Crippen LogP) is 2.48. The zero-order chi connectivity index (χ0) is 16.4. The van der Waals surface area contributed by atoms with Crippen molar-refractivity contribution in [2.24, 2.45) is 12.8 Å². The van der Waals surface area contributed by atoms with E-state index in [-0.39, 0.29) is 5.69 Å². The van der Waals surface area contributed by atoms with Gasteiger partial charge in [0.1, 0.15) is 5.69 Å². The highest BCUT2D eigenvalue weighted by Crippen LogP contribution is 2.23. The van der Waals surface area contributed by atoms with Gasteiger partial charge in [0.25, 0.3) is 5.91 Å². The van der Waals surface area contributed by atoms with Crippen LogP contribution in [0.4, 0.5) is 11.4 Å². The molecule has 23 heavy (non-hydrogen) atoms. The second kappa shape index (κ2) is 6.05. The average Bonchev–Trinajstić information content (AvgIpc) is 2.88. The van der Waals surface area contributed by atoms with Crippen LogP contribution in [0.15, 0.2) is 48.7 Å². The van der Waals surface area contributed by atoms with E-state index in [2.05, 4.69) is 15.7 Å². The number of amides is 1. The number of fused-ring (bicyclic) bond motifs is 1. The number of aryl methyl sites for hydroxylation is 1. The third-order valence-corrected chi connectivity index (χ3v) is 3.66. The van der Waals surface area contributed by atoms with Crippen LogP contribution in [0.2, 0.25) is 0 Å². The first kappa shape index (κ1) is 15.0. The third-order valence-electron chi connectivity index (χ3n) is 3.46. The molecule has 6 nitrogen and oxygen atoms in total. The molecular weight excluding hydrogens is 310 g/mol. The normalized spacial score (nSPS) is 10.5. The highest BCUT2D eigenvalue weighted by Gasteiger charge is 2.15. The standard InChI is InChI=1S/C16H15N5OS/c1-21-14(15(17)22)13(9-18-21)20-16(23)19-12-8-4-6-10-5-2-3-7-11(10)12/h2-9H,1H3,(H2,17,22)(H2,19,20,23). The molecule has 0 atom stereocenters. The minimum atomic E-state index is -0.569. The maximum Gasteiger partial charge on any atom is 0.269 e. The van der Waals surface area contributed by atoms with Crippen LogP contribution >= 0.6 is 12.2 Å². The number of aromatic nitrogens is 2. The fourth-order valence-electron chi connectivity index (χ4n) is 2.43. The van der Waals surface area contributed by atoms with Gasteiger partial charge in [-0.3, -0.25) is 9.48 Å². The lowest BCUT2D eigenvalue weighted by Crippen LogP contribution is -2.23. The molecule has 0 unspecified atom stereocenters. The number of nitrogens with zero attached hydrogens (tertiary/aromatic N) is 2. The molecule has 4 N–H and O–H groups in total. The van der Waals surface area contributed by atoms with Gasteiger partial charge in [0.05, 0.1) is 11.9 Å². The van der Waals surface area contributed by atoms with Crippen molar-refractivity contribution in [3.8, 4) is 0 Å². The summed E-state index contributed by atoms with van der Waals surface area (Å²) in [6.45, 7) is 0. The van der Waals surface area contributed by atoms with Gasteiger partial charge in [-0.15, -0.1) is 0 Å². The molecule has 2 aromatic carbocycles. The zero-order valence-electron chi connectivity index (χ0n) is 12.4. The number of carbonyl (C=O) groups excluding carboxylic acids is 1. The topological polar surface area (TPSA) is 85.0 Å². The molecule has 0 aliphatic heterocycles. The van der Waals surface area contributed by atoms with E-state index in [1.165, 1.54) is 10.9 Å². The first-order valence-electron chi connectivity index (χ1n) is 6.94. The van der Waals surface area contributed by atoms with Crippen molar-refractivity contribution in [2.45, 2.75) is 0 Å². The summed E-state index contributed by atoms with van der Waals surface area (Å²) in [4.78, 5) is 11.5. The summed E-state index contributed by atoms with van der Waals surface area (Å²) in [6, 6.07) is 13.9. The van der Waals surface area contributed by atoms with Crippen LogP contribution in [0.1, 0.15) is 10.5 Å². The Labute approximate surface area is 138 Å². The molecule has 3 rings (SSSR count).